The summed E-state index contributed by atoms with van der Waals surface area (Å²) < 4.78 is 118. The van der Waals surface area contributed by atoms with Gasteiger partial charge >= 0.3 is 0 Å². The van der Waals surface area contributed by atoms with Gasteiger partial charge in [0.05, 0.1) is 22.9 Å². The van der Waals surface area contributed by atoms with Crippen LogP contribution in [0.1, 0.15) is 90.2 Å². The molecule has 3 aromatic heterocycles. The van der Waals surface area contributed by atoms with Crippen molar-refractivity contribution in [2.75, 3.05) is 0 Å². The summed E-state index contributed by atoms with van der Waals surface area (Å²) in [7, 11) is 1.55. The van der Waals surface area contributed by atoms with Gasteiger partial charge in [-0.1, -0.05) is 18.1 Å². The maximum absolute atomic E-state index is 15.3. The molecule has 0 spiro atoms. The molecule has 2 aliphatic carbocycles. The van der Waals surface area contributed by atoms with Crippen LogP contribution in [0.15, 0.2) is 42.5 Å². The van der Waals surface area contributed by atoms with Crippen molar-refractivity contribution in [1.29, 1.82) is 0 Å². The maximum atomic E-state index is 15.3. The molecule has 16 heteroatoms. The Kier molecular flexibility index (Phi) is 9.07. The van der Waals surface area contributed by atoms with E-state index in [0.717, 1.165) is 12.1 Å². The summed E-state index contributed by atoms with van der Waals surface area (Å²) in [4.78, 5) is 18.5. The zero-order valence-corrected chi connectivity index (χ0v) is 29.2. The van der Waals surface area contributed by atoms with Gasteiger partial charge < -0.3 is 10.4 Å². The Morgan fingerprint density at radius 2 is 1.70 bits per heavy atom. The molecule has 8 nitrogen and oxygen atoms in total. The number of hydrogen-bond donors (Lipinski definition) is 2. The molecule has 54 heavy (non-hydrogen) atoms. The molecular formula is C38H32F8N6O2. The van der Waals surface area contributed by atoms with E-state index in [9.17, 15) is 36.2 Å². The molecule has 2 aromatic carbocycles. The standard InChI is InChI=1S/C38H32F8N6O2/c1-17-29-24(35(41)42)8-7-23(33(29)51(4)49-17)22-6-5-21(9-10-37(2,3)54)47-31(22)27(13-18-11-19(39)14-20(40)12-18)48-28(53)16-52-34-30(32(50-52)36(43)44)25-15-26(25)38(34,45)46/h5-8,11-12,14,25-27,35-36,54H,13,15-16H2,1-4H3,(H,48,53). The average Bonchev–Trinajstić information content (AvgIpc) is 3.63. The van der Waals surface area contributed by atoms with Crippen molar-refractivity contribution in [3.05, 3.63) is 99.3 Å². The van der Waals surface area contributed by atoms with Crippen molar-refractivity contribution in [3.63, 3.8) is 0 Å². The molecule has 282 valence electrons. The van der Waals surface area contributed by atoms with E-state index in [-0.39, 0.29) is 57.4 Å². The zero-order chi connectivity index (χ0) is 39.0. The molecule has 1 fully saturated rings. The van der Waals surface area contributed by atoms with E-state index in [0.29, 0.717) is 22.0 Å². The molecule has 0 bridgehead atoms. The number of aromatic nitrogens is 5. The second-order valence-corrected chi connectivity index (χ2v) is 14.2. The van der Waals surface area contributed by atoms with Gasteiger partial charge in [0.2, 0.25) is 5.91 Å². The third-order valence-corrected chi connectivity index (χ3v) is 9.63. The summed E-state index contributed by atoms with van der Waals surface area (Å²) in [6, 6.07) is 7.03. The summed E-state index contributed by atoms with van der Waals surface area (Å²) in [5, 5.41) is 21.2. The van der Waals surface area contributed by atoms with Crippen LogP contribution in [0, 0.1) is 36.3 Å². The van der Waals surface area contributed by atoms with Crippen LogP contribution in [-0.2, 0) is 30.7 Å². The fourth-order valence-corrected chi connectivity index (χ4v) is 7.44. The van der Waals surface area contributed by atoms with E-state index in [2.05, 4.69) is 32.3 Å². The smallest absolute Gasteiger partial charge is 0.293 e. The highest BCUT2D eigenvalue weighted by Crippen LogP contribution is 2.68. The Morgan fingerprint density at radius 3 is 2.35 bits per heavy atom. The number of rotatable bonds is 9. The van der Waals surface area contributed by atoms with Gasteiger partial charge in [-0.2, -0.15) is 19.0 Å². The first-order valence-corrected chi connectivity index (χ1v) is 16.9. The molecule has 3 atom stereocenters. The third-order valence-electron chi connectivity index (χ3n) is 9.63. The predicted molar refractivity (Wildman–Crippen MR) is 180 cm³/mol. The van der Waals surface area contributed by atoms with Gasteiger partial charge in [-0.25, -0.2) is 31.3 Å². The molecule has 2 aliphatic rings. The van der Waals surface area contributed by atoms with Crippen molar-refractivity contribution < 1.29 is 45.0 Å². The number of alkyl halides is 6. The normalized spacial score (nSPS) is 17.8. The number of aliphatic hydroxyl groups is 1. The molecular weight excluding hydrogens is 724 g/mol. The second-order valence-electron chi connectivity index (χ2n) is 14.2. The summed E-state index contributed by atoms with van der Waals surface area (Å²) in [6.07, 6.45) is -6.35. The minimum absolute atomic E-state index is 0.0195. The summed E-state index contributed by atoms with van der Waals surface area (Å²) in [5.74, 6) is -2.95. The van der Waals surface area contributed by atoms with E-state index in [1.807, 2.05) is 0 Å². The quantitative estimate of drug-likeness (QED) is 0.119. The molecule has 7 rings (SSSR count). The number of pyridine rings is 1. The van der Waals surface area contributed by atoms with Gasteiger partial charge in [-0.3, -0.25) is 14.2 Å². The Morgan fingerprint density at radius 1 is 1.02 bits per heavy atom. The van der Waals surface area contributed by atoms with Crippen molar-refractivity contribution in [2.24, 2.45) is 13.0 Å². The average molecular weight is 757 g/mol. The first-order chi connectivity index (χ1) is 25.3. The van der Waals surface area contributed by atoms with E-state index in [1.54, 1.807) is 20.0 Å². The molecule has 1 amide bonds. The third kappa shape index (κ3) is 6.69. The minimum Gasteiger partial charge on any atom is -0.378 e. The molecule has 2 N–H and O–H groups in total. The number of carbonyl (C=O) groups excluding carboxylic acids is 1. The molecule has 0 saturated heterocycles. The van der Waals surface area contributed by atoms with Crippen LogP contribution in [-0.4, -0.2) is 41.2 Å². The predicted octanol–water partition coefficient (Wildman–Crippen LogP) is 7.73. The fraction of sp³-hybridized carbons (Fsp3) is 0.368. The van der Waals surface area contributed by atoms with E-state index in [4.69, 9.17) is 0 Å². The first kappa shape index (κ1) is 37.0. The Balaban J connectivity index is 1.38. The van der Waals surface area contributed by atoms with Crippen LogP contribution in [0.3, 0.4) is 0 Å². The maximum Gasteiger partial charge on any atom is 0.293 e. The highest BCUT2D eigenvalue weighted by molar-refractivity contribution is 5.98. The highest BCUT2D eigenvalue weighted by Gasteiger charge is 2.67. The molecule has 0 radical (unpaired) electrons. The Hall–Kier alpha value is -5.30. The van der Waals surface area contributed by atoms with Crippen LogP contribution in [0.4, 0.5) is 35.1 Å². The topological polar surface area (TPSA) is 97.9 Å². The van der Waals surface area contributed by atoms with Crippen molar-refractivity contribution >= 4 is 16.8 Å². The summed E-state index contributed by atoms with van der Waals surface area (Å²) in [5.41, 5.74) is -2.28. The zero-order valence-electron chi connectivity index (χ0n) is 29.2. The lowest BCUT2D eigenvalue weighted by molar-refractivity contribution is -0.123. The van der Waals surface area contributed by atoms with Crippen molar-refractivity contribution in [2.45, 2.75) is 76.5 Å². The van der Waals surface area contributed by atoms with E-state index >= 15 is 8.78 Å². The summed E-state index contributed by atoms with van der Waals surface area (Å²) >= 11 is 0. The van der Waals surface area contributed by atoms with Gasteiger partial charge in [-0.15, -0.1) is 0 Å². The van der Waals surface area contributed by atoms with Crippen LogP contribution in [0.5, 0.6) is 0 Å². The van der Waals surface area contributed by atoms with Crippen LogP contribution >= 0.6 is 0 Å². The number of fused-ring (bicyclic) bond motifs is 4. The van der Waals surface area contributed by atoms with Gasteiger partial charge in [0.1, 0.15) is 40.9 Å². The number of amides is 1. The number of aryl methyl sites for hydroxylation is 2. The Bertz CT molecular complexity index is 2370. The lowest BCUT2D eigenvalue weighted by Gasteiger charge is -2.23. The number of nitrogens with zero attached hydrogens (tertiary/aromatic N) is 5. The Labute approximate surface area is 303 Å². The van der Waals surface area contributed by atoms with Gasteiger partial charge in [-0.05, 0) is 75.3 Å². The number of nitrogens with one attached hydrogen (secondary N) is 1. The lowest BCUT2D eigenvalue weighted by atomic mass is 9.92. The molecule has 3 unspecified atom stereocenters. The number of hydrogen-bond acceptors (Lipinski definition) is 5. The van der Waals surface area contributed by atoms with Crippen LogP contribution in [0.2, 0.25) is 0 Å². The fourth-order valence-electron chi connectivity index (χ4n) is 7.44. The first-order valence-electron chi connectivity index (χ1n) is 16.9. The van der Waals surface area contributed by atoms with E-state index in [1.165, 1.54) is 36.7 Å². The molecule has 5 aromatic rings. The van der Waals surface area contributed by atoms with E-state index < -0.39 is 77.7 Å². The molecule has 0 aliphatic heterocycles. The van der Waals surface area contributed by atoms with Crippen molar-refractivity contribution in [3.8, 4) is 23.0 Å². The highest BCUT2D eigenvalue weighted by atomic mass is 19.3. The monoisotopic (exact) mass is 756 g/mol. The number of halogens is 8. The second kappa shape index (κ2) is 13.2. The van der Waals surface area contributed by atoms with Crippen LogP contribution in [0.25, 0.3) is 22.0 Å². The summed E-state index contributed by atoms with van der Waals surface area (Å²) in [6.45, 7) is 3.51. The van der Waals surface area contributed by atoms with Crippen LogP contribution < -0.4 is 5.32 Å². The van der Waals surface area contributed by atoms with Gasteiger partial charge in [0.25, 0.3) is 18.8 Å². The minimum atomic E-state index is -3.50. The molecule has 1 saturated carbocycles. The lowest BCUT2D eigenvalue weighted by Crippen LogP contribution is -2.35. The largest absolute Gasteiger partial charge is 0.378 e. The number of benzene rings is 2. The van der Waals surface area contributed by atoms with Crippen molar-refractivity contribution in [1.82, 2.24) is 29.9 Å². The van der Waals surface area contributed by atoms with Gasteiger partial charge in [0.15, 0.2) is 0 Å². The number of carbonyl (C=O) groups is 1. The van der Waals surface area contributed by atoms with Gasteiger partial charge in [0, 0.05) is 46.7 Å². The molecule has 3 heterocycles. The SMILES string of the molecule is Cc1nn(C)c2c(-c3ccc(C#CC(C)(C)O)nc3C(Cc3cc(F)cc(F)c3)NC(=O)Cn3nc(C(F)F)c4c3C(F)(F)C3CC43)ccc(C(F)F)c12.